The molecule has 0 saturated heterocycles. The van der Waals surface area contributed by atoms with Crippen molar-refractivity contribution in [3.63, 3.8) is 0 Å². The predicted molar refractivity (Wildman–Crippen MR) is 279 cm³/mol. The van der Waals surface area contributed by atoms with Gasteiger partial charge in [-0.3, -0.25) is 0 Å². The number of hydrogen-bond acceptors (Lipinski definition) is 1. The van der Waals surface area contributed by atoms with Crippen molar-refractivity contribution in [1.82, 2.24) is 0 Å². The van der Waals surface area contributed by atoms with Gasteiger partial charge in [-0.15, -0.1) is 0 Å². The summed E-state index contributed by atoms with van der Waals surface area (Å²) < 4.78 is 0. The quantitative estimate of drug-likeness (QED) is 0.147. The molecule has 0 aromatic heterocycles. The fourth-order valence-corrected chi connectivity index (χ4v) is 11.8. The van der Waals surface area contributed by atoms with Crippen molar-refractivity contribution in [3.8, 4) is 33.4 Å². The molecule has 1 unspecified atom stereocenters. The lowest BCUT2D eigenvalue weighted by atomic mass is 9.67. The van der Waals surface area contributed by atoms with Crippen LogP contribution >= 0.6 is 0 Å². The molecule has 314 valence electrons. The zero-order valence-corrected chi connectivity index (χ0v) is 36.9. The van der Waals surface area contributed by atoms with Crippen molar-refractivity contribution >= 4 is 27.8 Å². The smallest absolute Gasteiger partial charge is 0.0714 e. The minimum absolute atomic E-state index is 0.541. The Morgan fingerprint density at radius 1 is 0.254 bits per heavy atom. The Balaban J connectivity index is 1.10. The van der Waals surface area contributed by atoms with E-state index in [2.05, 4.69) is 278 Å². The maximum atomic E-state index is 2.52. The van der Waals surface area contributed by atoms with Crippen LogP contribution in [0.3, 0.4) is 0 Å². The van der Waals surface area contributed by atoms with Crippen molar-refractivity contribution in [3.05, 3.63) is 317 Å². The molecular formula is C66H45N. The molecule has 0 aliphatic heterocycles. The van der Waals surface area contributed by atoms with Crippen LogP contribution in [-0.2, 0) is 10.8 Å². The molecule has 0 saturated carbocycles. The van der Waals surface area contributed by atoms with Crippen LogP contribution in [0, 0.1) is 0 Å². The molecule has 0 amide bonds. The van der Waals surface area contributed by atoms with Crippen LogP contribution in [0.25, 0.3) is 44.2 Å². The third-order valence-corrected chi connectivity index (χ3v) is 14.6. The van der Waals surface area contributed by atoms with Gasteiger partial charge in [0.2, 0.25) is 0 Å². The van der Waals surface area contributed by atoms with Crippen molar-refractivity contribution in [2.24, 2.45) is 0 Å². The Morgan fingerprint density at radius 2 is 0.657 bits per heavy atom. The van der Waals surface area contributed by atoms with Crippen molar-refractivity contribution in [1.29, 1.82) is 0 Å². The van der Waals surface area contributed by atoms with Gasteiger partial charge in [0, 0.05) is 16.8 Å². The fourth-order valence-electron chi connectivity index (χ4n) is 11.8. The summed E-state index contributed by atoms with van der Waals surface area (Å²) in [5, 5.41) is 2.39. The summed E-state index contributed by atoms with van der Waals surface area (Å²) in [7, 11) is 0. The highest BCUT2D eigenvalue weighted by atomic mass is 15.1. The molecular weight excluding hydrogens is 807 g/mol. The van der Waals surface area contributed by atoms with E-state index >= 15 is 0 Å². The number of nitrogens with zero attached hydrogens (tertiary/aromatic N) is 1. The van der Waals surface area contributed by atoms with Gasteiger partial charge in [-0.2, -0.15) is 0 Å². The van der Waals surface area contributed by atoms with Crippen LogP contribution < -0.4 is 4.90 Å². The summed E-state index contributed by atoms with van der Waals surface area (Å²) in [5.74, 6) is 0. The number of benzene rings is 11. The van der Waals surface area contributed by atoms with Crippen molar-refractivity contribution in [2.45, 2.75) is 10.8 Å². The lowest BCUT2D eigenvalue weighted by Crippen LogP contribution is -2.29. The highest BCUT2D eigenvalue weighted by Gasteiger charge is 2.48. The highest BCUT2D eigenvalue weighted by Crippen LogP contribution is 2.60. The maximum absolute atomic E-state index is 2.52. The van der Waals surface area contributed by atoms with E-state index in [1.165, 1.54) is 88.7 Å². The first-order valence-corrected chi connectivity index (χ1v) is 23.3. The third kappa shape index (κ3) is 5.81. The summed E-state index contributed by atoms with van der Waals surface area (Å²) in [6.45, 7) is 0. The average Bonchev–Trinajstić information content (AvgIpc) is 3.88. The molecule has 0 fully saturated rings. The van der Waals surface area contributed by atoms with Crippen LogP contribution in [0.15, 0.2) is 273 Å². The Labute approximate surface area is 392 Å². The van der Waals surface area contributed by atoms with E-state index in [9.17, 15) is 0 Å². The Bertz CT molecular complexity index is 3590. The molecule has 2 aliphatic rings. The van der Waals surface area contributed by atoms with Gasteiger partial charge in [-0.25, -0.2) is 0 Å². The second-order valence-corrected chi connectivity index (χ2v) is 17.9. The first kappa shape index (κ1) is 38.9. The normalized spacial score (nSPS) is 15.0. The minimum Gasteiger partial charge on any atom is -0.310 e. The van der Waals surface area contributed by atoms with E-state index in [1.54, 1.807) is 0 Å². The molecule has 11 aromatic carbocycles. The Kier molecular flexibility index (Phi) is 9.05. The molecule has 0 N–H and O–H groups in total. The van der Waals surface area contributed by atoms with Gasteiger partial charge in [-0.1, -0.05) is 237 Å². The molecule has 0 radical (unpaired) electrons. The fraction of sp³-hybridized carbons (Fsp3) is 0.0303. The van der Waals surface area contributed by atoms with E-state index in [1.807, 2.05) is 0 Å². The largest absolute Gasteiger partial charge is 0.310 e. The van der Waals surface area contributed by atoms with Crippen LogP contribution in [0.2, 0.25) is 0 Å². The lowest BCUT2D eigenvalue weighted by Gasteiger charge is -2.36. The van der Waals surface area contributed by atoms with Gasteiger partial charge in [-0.05, 0) is 120 Å². The summed E-state index contributed by atoms with van der Waals surface area (Å²) in [5.41, 5.74) is 19.8. The van der Waals surface area contributed by atoms with Gasteiger partial charge < -0.3 is 4.90 Å². The second-order valence-electron chi connectivity index (χ2n) is 17.9. The molecule has 1 heteroatoms. The first-order chi connectivity index (χ1) is 33.2. The maximum Gasteiger partial charge on any atom is 0.0714 e. The zero-order chi connectivity index (χ0) is 44.4. The van der Waals surface area contributed by atoms with Gasteiger partial charge in [0.25, 0.3) is 0 Å². The predicted octanol–water partition coefficient (Wildman–Crippen LogP) is 16.7. The van der Waals surface area contributed by atoms with Crippen LogP contribution in [0.5, 0.6) is 0 Å². The Hall–Kier alpha value is -8.52. The monoisotopic (exact) mass is 851 g/mol. The molecule has 11 aromatic rings. The summed E-state index contributed by atoms with van der Waals surface area (Å²) in [6.07, 6.45) is 0. The molecule has 0 spiro atoms. The third-order valence-electron chi connectivity index (χ3n) is 14.6. The highest BCUT2D eigenvalue weighted by molar-refractivity contribution is 6.00. The SMILES string of the molecule is c1ccc(-c2cccc(C3(c4ccccc4)c4ccccc4-c4ccc(N(c5ccc6c(c5)C(c5ccccc5)(c5ccccc5)c5ccccc5-6)c5cccc6ccccc56)cc43)c2)cc1. The van der Waals surface area contributed by atoms with E-state index in [0.717, 1.165) is 17.1 Å². The first-order valence-electron chi connectivity index (χ1n) is 23.3. The molecule has 0 bridgehead atoms. The van der Waals surface area contributed by atoms with E-state index in [4.69, 9.17) is 0 Å². The van der Waals surface area contributed by atoms with Gasteiger partial charge in [0.1, 0.15) is 0 Å². The molecule has 13 rings (SSSR count). The van der Waals surface area contributed by atoms with Gasteiger partial charge in [0.05, 0.1) is 16.5 Å². The summed E-state index contributed by atoms with van der Waals surface area (Å²) >= 11 is 0. The van der Waals surface area contributed by atoms with Gasteiger partial charge in [0.15, 0.2) is 0 Å². The van der Waals surface area contributed by atoms with Crippen LogP contribution in [0.4, 0.5) is 17.1 Å². The standard InChI is InChI=1S/C66H45N/c1-5-21-46(22-6-1)48-25-19-32-52(43-48)66(51-30-11-4-12-31-51)61-37-18-16-35-57(61)59-42-40-54(45-63(59)66)67(64-38-20-24-47-23-13-14-33-55(47)64)53-39-41-58-56-34-15-17-36-60(56)65(62(58)44-53,49-26-7-2-8-27-49)50-28-9-3-10-29-50/h1-45H. The van der Waals surface area contributed by atoms with E-state index in [-0.39, 0.29) is 0 Å². The number of fused-ring (bicyclic) bond motifs is 7. The molecule has 2 aliphatic carbocycles. The molecule has 1 nitrogen and oxygen atoms in total. The summed E-state index contributed by atoms with van der Waals surface area (Å²) in [4.78, 5) is 2.52. The van der Waals surface area contributed by atoms with Crippen LogP contribution in [0.1, 0.15) is 44.5 Å². The van der Waals surface area contributed by atoms with Crippen molar-refractivity contribution in [2.75, 3.05) is 4.90 Å². The molecule has 1 atom stereocenters. The molecule has 67 heavy (non-hydrogen) atoms. The Morgan fingerprint density at radius 3 is 1.22 bits per heavy atom. The van der Waals surface area contributed by atoms with E-state index < -0.39 is 10.8 Å². The number of hydrogen-bond donors (Lipinski definition) is 0. The average molecular weight is 852 g/mol. The minimum atomic E-state index is -0.603. The number of rotatable bonds is 8. The molecule has 0 heterocycles. The van der Waals surface area contributed by atoms with Crippen molar-refractivity contribution < 1.29 is 0 Å². The van der Waals surface area contributed by atoms with Crippen LogP contribution in [-0.4, -0.2) is 0 Å². The van der Waals surface area contributed by atoms with Gasteiger partial charge >= 0.3 is 0 Å². The number of anilines is 3. The topological polar surface area (TPSA) is 3.24 Å². The second kappa shape index (κ2) is 15.6. The zero-order valence-electron chi connectivity index (χ0n) is 36.9. The summed E-state index contributed by atoms with van der Waals surface area (Å²) in [6, 6.07) is 101. The van der Waals surface area contributed by atoms with E-state index in [0.29, 0.717) is 0 Å². The lowest BCUT2D eigenvalue weighted by molar-refractivity contribution is 0.767.